The minimum atomic E-state index is -0.972. The van der Waals surface area contributed by atoms with Gasteiger partial charge in [0.25, 0.3) is 0 Å². The van der Waals surface area contributed by atoms with E-state index in [1.165, 1.54) is 0 Å². The summed E-state index contributed by atoms with van der Waals surface area (Å²) in [4.78, 5) is 0. The first-order chi connectivity index (χ1) is 1.41. The molecular formula is H8Cl2O4Pb. The minimum absolute atomic E-state index is 0. The molecule has 0 aromatic carbocycles. The summed E-state index contributed by atoms with van der Waals surface area (Å²) in [6.45, 7) is 0. The summed E-state index contributed by atoms with van der Waals surface area (Å²) in [5, 5.41) is 0. The summed E-state index contributed by atoms with van der Waals surface area (Å²) in [6, 6.07) is 0. The van der Waals surface area contributed by atoms with E-state index in [1.54, 1.807) is 0 Å². The van der Waals surface area contributed by atoms with Crippen LogP contribution in [0.25, 0.3) is 0 Å². The van der Waals surface area contributed by atoms with Crippen molar-refractivity contribution in [1.29, 1.82) is 0 Å². The third-order valence-corrected chi connectivity index (χ3v) is 0. The van der Waals surface area contributed by atoms with Crippen molar-refractivity contribution in [3.63, 3.8) is 0 Å². The predicted octanol–water partition coefficient (Wildman–Crippen LogP) is -2.30. The van der Waals surface area contributed by atoms with Gasteiger partial charge in [-0.25, -0.2) is 0 Å². The third-order valence-electron chi connectivity index (χ3n) is 0. The van der Waals surface area contributed by atoms with E-state index in [0.29, 0.717) is 0 Å². The molecule has 50 valence electrons. The molecular weight excluding hydrogens is 342 g/mol. The zero-order valence-corrected chi connectivity index (χ0v) is 8.66. The summed E-state index contributed by atoms with van der Waals surface area (Å²) in [6.07, 6.45) is 0. The monoisotopic (exact) mass is 350 g/mol. The van der Waals surface area contributed by atoms with Crippen molar-refractivity contribution in [3.8, 4) is 0 Å². The second-order valence-corrected chi connectivity index (χ2v) is 5.64. The molecule has 0 aromatic rings. The van der Waals surface area contributed by atoms with Crippen molar-refractivity contribution >= 4 is 38.4 Å². The van der Waals surface area contributed by atoms with E-state index in [4.69, 9.17) is 16.6 Å². The van der Waals surface area contributed by atoms with Crippen LogP contribution >= 0.6 is 16.6 Å². The van der Waals surface area contributed by atoms with Crippen molar-refractivity contribution in [1.82, 2.24) is 0 Å². The molecule has 0 bridgehead atoms. The molecule has 0 amide bonds. The Kier molecular flexibility index (Phi) is 310. The first-order valence-corrected chi connectivity index (χ1v) is 9.95. The van der Waals surface area contributed by atoms with Crippen molar-refractivity contribution in [2.45, 2.75) is 0 Å². The Morgan fingerprint density at radius 1 is 0.714 bits per heavy atom. The van der Waals surface area contributed by atoms with Gasteiger partial charge in [-0.2, -0.15) is 0 Å². The van der Waals surface area contributed by atoms with E-state index in [1.807, 2.05) is 0 Å². The molecule has 0 aliphatic carbocycles. The molecule has 7 heavy (non-hydrogen) atoms. The maximum atomic E-state index is 4.96. The fourth-order valence-corrected chi connectivity index (χ4v) is 0. The van der Waals surface area contributed by atoms with Crippen LogP contribution in [0.15, 0.2) is 0 Å². The summed E-state index contributed by atoms with van der Waals surface area (Å²) in [7, 11) is 9.92. The van der Waals surface area contributed by atoms with Crippen LogP contribution in [0.4, 0.5) is 0 Å². The van der Waals surface area contributed by atoms with Crippen LogP contribution in [0.1, 0.15) is 0 Å². The Bertz CT molecular complexity index is 9.65. The molecule has 0 aromatic heterocycles. The molecule has 7 heteroatoms. The molecule has 0 fully saturated rings. The van der Waals surface area contributed by atoms with Crippen molar-refractivity contribution in [3.05, 3.63) is 0 Å². The molecule has 0 atom stereocenters. The van der Waals surface area contributed by atoms with Gasteiger partial charge in [-0.05, 0) is 0 Å². The molecule has 0 heterocycles. The van der Waals surface area contributed by atoms with Gasteiger partial charge < -0.3 is 21.9 Å². The van der Waals surface area contributed by atoms with Crippen molar-refractivity contribution in [2.75, 3.05) is 0 Å². The van der Waals surface area contributed by atoms with Gasteiger partial charge in [0, 0.05) is 0 Å². The Morgan fingerprint density at radius 3 is 0.714 bits per heavy atom. The molecule has 4 nitrogen and oxygen atoms in total. The van der Waals surface area contributed by atoms with Crippen LogP contribution in [-0.4, -0.2) is 43.7 Å². The van der Waals surface area contributed by atoms with E-state index >= 15 is 0 Å². The van der Waals surface area contributed by atoms with E-state index < -0.39 is 21.8 Å². The molecule has 0 saturated carbocycles. The van der Waals surface area contributed by atoms with Crippen LogP contribution in [0, 0.1) is 0 Å². The molecule has 2 radical (unpaired) electrons. The van der Waals surface area contributed by atoms with Crippen LogP contribution in [0.5, 0.6) is 0 Å². The second-order valence-electron chi connectivity index (χ2n) is 0.0714. The van der Waals surface area contributed by atoms with Crippen LogP contribution in [0.2, 0.25) is 0 Å². The third kappa shape index (κ3) is 116. The van der Waals surface area contributed by atoms with Gasteiger partial charge in [0.1, 0.15) is 0 Å². The van der Waals surface area contributed by atoms with Crippen LogP contribution in [0.3, 0.4) is 0 Å². The van der Waals surface area contributed by atoms with Gasteiger partial charge in [-0.1, -0.05) is 0 Å². The Balaban J connectivity index is -0.00000000333. The topological polar surface area (TPSA) is 126 Å². The normalized spacial score (nSPS) is 2.57. The van der Waals surface area contributed by atoms with E-state index in [-0.39, 0.29) is 21.9 Å². The molecule has 8 N–H and O–H groups in total. The van der Waals surface area contributed by atoms with E-state index in [9.17, 15) is 0 Å². The summed E-state index contributed by atoms with van der Waals surface area (Å²) < 4.78 is 0. The number of rotatable bonds is 0. The van der Waals surface area contributed by atoms with Gasteiger partial charge in [0.15, 0.2) is 0 Å². The molecule has 0 unspecified atom stereocenters. The first kappa shape index (κ1) is 40.3. The van der Waals surface area contributed by atoms with E-state index in [2.05, 4.69) is 0 Å². The Labute approximate surface area is 60.2 Å². The second kappa shape index (κ2) is 53.8. The summed E-state index contributed by atoms with van der Waals surface area (Å²) in [5.74, 6) is 0. The SMILES string of the molecule is O.O.O.O.[Cl][Pb][Cl]. The summed E-state index contributed by atoms with van der Waals surface area (Å²) >= 11 is -0.972. The molecule has 0 saturated heterocycles. The van der Waals surface area contributed by atoms with Gasteiger partial charge in [-0.3, -0.25) is 0 Å². The Hall–Kier alpha value is 1.34. The fraction of sp³-hybridized carbons (Fsp3) is 0. The molecule has 0 rings (SSSR count). The van der Waals surface area contributed by atoms with Crippen molar-refractivity contribution in [2.24, 2.45) is 0 Å². The average molecular weight is 350 g/mol. The quantitative estimate of drug-likeness (QED) is 0.436. The van der Waals surface area contributed by atoms with Gasteiger partial charge in [-0.15, -0.1) is 0 Å². The molecule has 0 spiro atoms. The van der Waals surface area contributed by atoms with Crippen molar-refractivity contribution < 1.29 is 21.9 Å². The van der Waals surface area contributed by atoms with Gasteiger partial charge in [0.2, 0.25) is 0 Å². The maximum absolute atomic E-state index is 4.96. The Morgan fingerprint density at radius 2 is 0.714 bits per heavy atom. The average Bonchev–Trinajstić information content (AvgIpc) is 0.918. The fourth-order valence-electron chi connectivity index (χ4n) is 0. The number of halogens is 2. The molecule has 0 aliphatic heterocycles. The zero-order valence-electron chi connectivity index (χ0n) is 3.26. The predicted molar refractivity (Wildman–Crippen MR) is 31.9 cm³/mol. The zero-order chi connectivity index (χ0) is 2.71. The number of hydrogen-bond acceptors (Lipinski definition) is 0. The van der Waals surface area contributed by atoms with Crippen LogP contribution in [-0.2, 0) is 0 Å². The molecule has 0 aliphatic rings. The standard InChI is InChI=1S/2ClH.4H2O.Pb/h2*1H;4*1H2;/q;;;;;;+2/p-2. The van der Waals surface area contributed by atoms with Crippen LogP contribution < -0.4 is 0 Å². The van der Waals surface area contributed by atoms with E-state index in [0.717, 1.165) is 0 Å². The van der Waals surface area contributed by atoms with Gasteiger partial charge in [0.05, 0.1) is 0 Å². The first-order valence-electron chi connectivity index (χ1n) is 0.378. The summed E-state index contributed by atoms with van der Waals surface area (Å²) in [5.41, 5.74) is 0. The number of hydrogen-bond donors (Lipinski definition) is 0. The van der Waals surface area contributed by atoms with Gasteiger partial charge >= 0.3 is 38.4 Å².